The first kappa shape index (κ1) is 15.1. The third-order valence-electron chi connectivity index (χ3n) is 3.18. The van der Waals surface area contributed by atoms with Gasteiger partial charge in [-0.2, -0.15) is 0 Å². The number of nitrogens with one attached hydrogen (secondary N) is 1. The van der Waals surface area contributed by atoms with Gasteiger partial charge in [-0.15, -0.1) is 0 Å². The van der Waals surface area contributed by atoms with Crippen molar-refractivity contribution in [3.63, 3.8) is 0 Å². The van der Waals surface area contributed by atoms with E-state index in [1.54, 1.807) is 0 Å². The molecular weight excluding hydrogens is 283 g/mol. The number of nitrogens with zero attached hydrogens (tertiary/aromatic N) is 1. The summed E-state index contributed by atoms with van der Waals surface area (Å²) in [6, 6.07) is 9.14. The quantitative estimate of drug-likeness (QED) is 0.522. The van der Waals surface area contributed by atoms with Gasteiger partial charge in [0.1, 0.15) is 13.2 Å². The monoisotopic (exact) mass is 300 g/mol. The third kappa shape index (κ3) is 3.24. The van der Waals surface area contributed by atoms with Crippen LogP contribution in [-0.2, 0) is 13.6 Å². The second-order valence-electron chi connectivity index (χ2n) is 5.06. The largest absolute Gasteiger partial charge is 0.406 e. The number of hydrogen-bond donors (Lipinski definition) is 1. The Hall–Kier alpha value is -1.27. The summed E-state index contributed by atoms with van der Waals surface area (Å²) in [5.41, 5.74) is -0.427. The maximum atomic E-state index is 12.3. The third-order valence-corrected chi connectivity index (χ3v) is 4.82. The van der Waals surface area contributed by atoms with Crippen LogP contribution in [0, 0.1) is 10.1 Å². The summed E-state index contributed by atoms with van der Waals surface area (Å²) in [7, 11) is -3.51. The zero-order valence-electron chi connectivity index (χ0n) is 11.3. The molecule has 110 valence electrons. The average Bonchev–Trinajstić information content (AvgIpc) is 2.43. The number of hydrogen-bond acceptors (Lipinski definition) is 5. The van der Waals surface area contributed by atoms with Gasteiger partial charge in [-0.25, -0.2) is 9.65 Å². The Morgan fingerprint density at radius 2 is 1.90 bits per heavy atom. The summed E-state index contributed by atoms with van der Waals surface area (Å²) in [4.78, 5) is 10.4. The summed E-state index contributed by atoms with van der Waals surface area (Å²) < 4.78 is 22.6. The Bertz CT molecular complexity index is 524. The van der Waals surface area contributed by atoms with E-state index in [4.69, 9.17) is 9.05 Å². The van der Waals surface area contributed by atoms with Crippen LogP contribution in [0.2, 0.25) is 0 Å². The van der Waals surface area contributed by atoms with E-state index in [9.17, 15) is 14.7 Å². The van der Waals surface area contributed by atoms with Crippen molar-refractivity contribution in [3.05, 3.63) is 46.0 Å². The summed E-state index contributed by atoms with van der Waals surface area (Å²) in [5.74, 6) is 0. The Labute approximate surface area is 117 Å². The molecule has 1 aliphatic rings. The average molecular weight is 300 g/mol. The van der Waals surface area contributed by atoms with E-state index >= 15 is 0 Å². The molecule has 1 aliphatic heterocycles. The fourth-order valence-corrected chi connectivity index (χ4v) is 3.50. The summed E-state index contributed by atoms with van der Waals surface area (Å²) in [5, 5.41) is 13.6. The van der Waals surface area contributed by atoms with Crippen LogP contribution in [0.5, 0.6) is 0 Å². The molecule has 0 spiro atoms. The SMILES string of the molecule is C[C@@H](NP1(=O)OCC(C)([N+](=O)[O-])CO1)c1ccccc1. The molecule has 0 aromatic heterocycles. The van der Waals surface area contributed by atoms with Gasteiger partial charge in [0.25, 0.3) is 5.54 Å². The lowest BCUT2D eigenvalue weighted by atomic mass is 10.1. The van der Waals surface area contributed by atoms with E-state index < -0.39 is 18.2 Å². The van der Waals surface area contributed by atoms with Crippen LogP contribution < -0.4 is 5.09 Å². The molecule has 0 radical (unpaired) electrons. The van der Waals surface area contributed by atoms with E-state index in [2.05, 4.69) is 5.09 Å². The van der Waals surface area contributed by atoms with Gasteiger partial charge in [0.05, 0.1) is 0 Å². The van der Waals surface area contributed by atoms with Gasteiger partial charge in [0.2, 0.25) is 0 Å². The molecule has 0 amide bonds. The molecule has 0 unspecified atom stereocenters. The smallest absolute Gasteiger partial charge is 0.289 e. The lowest BCUT2D eigenvalue weighted by Gasteiger charge is -2.32. The van der Waals surface area contributed by atoms with Gasteiger partial charge in [0, 0.05) is 17.9 Å². The van der Waals surface area contributed by atoms with Crippen LogP contribution in [-0.4, -0.2) is 23.7 Å². The molecule has 0 bridgehead atoms. The van der Waals surface area contributed by atoms with Gasteiger partial charge in [-0.3, -0.25) is 19.2 Å². The molecule has 7 nitrogen and oxygen atoms in total. The maximum Gasteiger partial charge on any atom is 0.406 e. The lowest BCUT2D eigenvalue weighted by Crippen LogP contribution is -2.47. The first-order valence-corrected chi connectivity index (χ1v) is 7.75. The Balaban J connectivity index is 2.01. The zero-order chi connectivity index (χ0) is 14.8. The summed E-state index contributed by atoms with van der Waals surface area (Å²) in [6.07, 6.45) is 0. The molecule has 0 aliphatic carbocycles. The van der Waals surface area contributed by atoms with Gasteiger partial charge < -0.3 is 0 Å². The second kappa shape index (κ2) is 5.61. The van der Waals surface area contributed by atoms with Crippen LogP contribution in [0.1, 0.15) is 25.5 Å². The fourth-order valence-electron chi connectivity index (χ4n) is 1.76. The maximum absolute atomic E-state index is 12.3. The molecule has 2 rings (SSSR count). The molecular formula is C12H17N2O5P. The molecule has 1 aromatic carbocycles. The van der Waals surface area contributed by atoms with Crippen LogP contribution in [0.3, 0.4) is 0 Å². The molecule has 1 fully saturated rings. The second-order valence-corrected chi connectivity index (χ2v) is 6.83. The summed E-state index contributed by atoms with van der Waals surface area (Å²) in [6.45, 7) is 2.73. The topological polar surface area (TPSA) is 90.7 Å². The Morgan fingerprint density at radius 1 is 1.35 bits per heavy atom. The van der Waals surface area contributed by atoms with Gasteiger partial charge >= 0.3 is 7.75 Å². The highest BCUT2D eigenvalue weighted by molar-refractivity contribution is 7.51. The number of nitro groups is 1. The highest BCUT2D eigenvalue weighted by atomic mass is 31.2. The highest BCUT2D eigenvalue weighted by Crippen LogP contribution is 2.50. The zero-order valence-corrected chi connectivity index (χ0v) is 12.2. The Morgan fingerprint density at radius 3 is 2.40 bits per heavy atom. The first-order chi connectivity index (χ1) is 9.35. The molecule has 20 heavy (non-hydrogen) atoms. The van der Waals surface area contributed by atoms with Crippen molar-refractivity contribution in [1.82, 2.24) is 5.09 Å². The molecule has 1 N–H and O–H groups in total. The molecule has 0 saturated carbocycles. The highest BCUT2D eigenvalue weighted by Gasteiger charge is 2.48. The van der Waals surface area contributed by atoms with Gasteiger partial charge in [-0.05, 0) is 12.5 Å². The predicted octanol–water partition coefficient (Wildman–Crippen LogP) is 2.53. The van der Waals surface area contributed by atoms with Crippen molar-refractivity contribution in [2.45, 2.75) is 25.4 Å². The van der Waals surface area contributed by atoms with E-state index in [1.807, 2.05) is 37.3 Å². The normalized spacial score (nSPS) is 31.7. The molecule has 1 saturated heterocycles. The molecule has 8 heteroatoms. The first-order valence-electron chi connectivity index (χ1n) is 6.21. The van der Waals surface area contributed by atoms with E-state index in [0.29, 0.717) is 0 Å². The van der Waals surface area contributed by atoms with Crippen LogP contribution in [0.25, 0.3) is 0 Å². The van der Waals surface area contributed by atoms with Crippen molar-refractivity contribution in [2.75, 3.05) is 13.2 Å². The molecule has 1 heterocycles. The van der Waals surface area contributed by atoms with Crippen LogP contribution in [0.15, 0.2) is 30.3 Å². The number of benzene rings is 1. The standard InChI is InChI=1S/C12H17N2O5P/c1-10(11-6-4-3-5-7-11)13-20(17)18-8-12(2,9-19-20)14(15)16/h3-7,10H,8-9H2,1-2H3,(H,13,17)/t10-,12?,20?/m1/s1. The molecule has 1 aromatic rings. The van der Waals surface area contributed by atoms with E-state index in [1.165, 1.54) is 6.92 Å². The van der Waals surface area contributed by atoms with Gasteiger partial charge in [0.15, 0.2) is 0 Å². The fraction of sp³-hybridized carbons (Fsp3) is 0.500. The Kier molecular flexibility index (Phi) is 4.25. The minimum Gasteiger partial charge on any atom is -0.289 e. The van der Waals surface area contributed by atoms with Crippen molar-refractivity contribution in [3.8, 4) is 0 Å². The predicted molar refractivity (Wildman–Crippen MR) is 72.9 cm³/mol. The molecule has 1 atom stereocenters. The minimum atomic E-state index is -3.51. The van der Waals surface area contributed by atoms with Crippen LogP contribution in [0.4, 0.5) is 0 Å². The summed E-state index contributed by atoms with van der Waals surface area (Å²) >= 11 is 0. The van der Waals surface area contributed by atoms with Crippen molar-refractivity contribution in [2.24, 2.45) is 0 Å². The van der Waals surface area contributed by atoms with Crippen LogP contribution >= 0.6 is 7.75 Å². The van der Waals surface area contributed by atoms with Crippen molar-refractivity contribution in [1.29, 1.82) is 0 Å². The number of rotatable bonds is 4. The van der Waals surface area contributed by atoms with Crippen molar-refractivity contribution < 1.29 is 18.5 Å². The lowest BCUT2D eigenvalue weighted by molar-refractivity contribution is -0.573. The van der Waals surface area contributed by atoms with Crippen molar-refractivity contribution >= 4 is 7.75 Å². The minimum absolute atomic E-state index is 0.244. The van der Waals surface area contributed by atoms with E-state index in [0.717, 1.165) is 5.56 Å². The van der Waals surface area contributed by atoms with E-state index in [-0.39, 0.29) is 19.3 Å². The van der Waals surface area contributed by atoms with Gasteiger partial charge in [-0.1, -0.05) is 30.3 Å².